The van der Waals surface area contributed by atoms with Crippen LogP contribution in [0.4, 0.5) is 34.1 Å². The summed E-state index contributed by atoms with van der Waals surface area (Å²) < 4.78 is 5.08. The lowest BCUT2D eigenvalue weighted by atomic mass is 10.00. The van der Waals surface area contributed by atoms with Crippen molar-refractivity contribution in [3.63, 3.8) is 0 Å². The van der Waals surface area contributed by atoms with E-state index in [2.05, 4.69) is 239 Å². The number of para-hydroxylation sites is 2. The molecule has 62 heavy (non-hydrogen) atoms. The van der Waals surface area contributed by atoms with Gasteiger partial charge in [-0.1, -0.05) is 140 Å². The van der Waals surface area contributed by atoms with Crippen molar-refractivity contribution in [1.29, 1.82) is 0 Å². The summed E-state index contributed by atoms with van der Waals surface area (Å²) in [7, 11) is 0. The highest BCUT2D eigenvalue weighted by Crippen LogP contribution is 2.47. The maximum Gasteiger partial charge on any atom is 0.0782 e. The average Bonchev–Trinajstić information content (AvgIpc) is 3.88. The lowest BCUT2D eigenvalue weighted by Gasteiger charge is -2.29. The predicted molar refractivity (Wildman–Crippen MR) is 265 cm³/mol. The highest BCUT2D eigenvalue weighted by atomic mass is 32.1. The van der Waals surface area contributed by atoms with Crippen LogP contribution in [0.2, 0.25) is 0 Å². The molecule has 0 spiro atoms. The molecule has 0 amide bonds. The van der Waals surface area contributed by atoms with E-state index in [-0.39, 0.29) is 0 Å². The van der Waals surface area contributed by atoms with Crippen LogP contribution in [0.25, 0.3) is 80.7 Å². The fraction of sp³-hybridized carbons (Fsp3) is 0. The molecule has 0 atom stereocenters. The molecular weight excluding hydrogens is 771 g/mol. The molecule has 8 bridgehead atoms. The largest absolute Gasteiger partial charge is 0.310 e. The summed E-state index contributed by atoms with van der Waals surface area (Å²) in [6, 6.07) is 82.8. The molecule has 1 aliphatic heterocycles. The highest BCUT2D eigenvalue weighted by Gasteiger charge is 2.24. The molecule has 0 radical (unpaired) electrons. The summed E-state index contributed by atoms with van der Waals surface area (Å²) in [6.07, 6.45) is 0. The fourth-order valence-corrected chi connectivity index (χ4v) is 11.0. The minimum absolute atomic E-state index is 1.09. The van der Waals surface area contributed by atoms with Crippen LogP contribution in [-0.2, 0) is 0 Å². The quantitative estimate of drug-likeness (QED) is 0.176. The Morgan fingerprint density at radius 3 is 1.47 bits per heavy atom. The Labute approximate surface area is 363 Å². The summed E-state index contributed by atoms with van der Waals surface area (Å²) in [4.78, 5) is 4.87. The van der Waals surface area contributed by atoms with Crippen molar-refractivity contribution in [2.45, 2.75) is 0 Å². The van der Waals surface area contributed by atoms with Crippen LogP contribution in [0.5, 0.6) is 0 Å². The molecule has 3 heterocycles. The van der Waals surface area contributed by atoms with E-state index in [1.807, 2.05) is 11.3 Å². The van der Waals surface area contributed by atoms with E-state index in [0.717, 1.165) is 67.6 Å². The van der Waals surface area contributed by atoms with Gasteiger partial charge >= 0.3 is 0 Å². The molecule has 0 unspecified atom stereocenters. The summed E-state index contributed by atoms with van der Waals surface area (Å²) in [5, 5.41) is 7.49. The van der Waals surface area contributed by atoms with E-state index in [9.17, 15) is 0 Å². The molecule has 0 fully saturated rings. The number of thiophene rings is 1. The van der Waals surface area contributed by atoms with E-state index in [1.54, 1.807) is 0 Å². The van der Waals surface area contributed by atoms with Gasteiger partial charge in [-0.2, -0.15) is 0 Å². The number of nitrogens with zero attached hydrogens (tertiary/aromatic N) is 3. The number of hydrogen-bond donors (Lipinski definition) is 0. The molecule has 290 valence electrons. The summed E-state index contributed by atoms with van der Waals surface area (Å²) >= 11 is 1.86. The molecule has 2 aromatic heterocycles. The van der Waals surface area contributed by atoms with E-state index < -0.39 is 0 Å². The Balaban J connectivity index is 1.06. The Kier molecular flexibility index (Phi) is 7.78. The van der Waals surface area contributed by atoms with Gasteiger partial charge in [0, 0.05) is 64.8 Å². The lowest BCUT2D eigenvalue weighted by molar-refractivity contribution is 1.18. The van der Waals surface area contributed by atoms with Crippen molar-refractivity contribution in [2.24, 2.45) is 0 Å². The standard InChI is InChI=1S/C58H37N3S/c1-2-23-48-38(13-1)14-11-28-53(48)61-54-27-5-3-24-49(54)52-26-12-29-55(58(52)61)60-45-21-9-17-41(35-45)39-15-7-19-43(33-39)59(44-20-8-16-40(34-44)42-18-10-22-46(60)36-42)47-31-32-51-50-25-4-6-30-56(50)62-57(51)37-47/h1-37H. The predicted octanol–water partition coefficient (Wildman–Crippen LogP) is 16.9. The number of aromatic nitrogens is 1. The Bertz CT molecular complexity index is 3650. The zero-order chi connectivity index (χ0) is 40.7. The Morgan fingerprint density at radius 1 is 0.290 bits per heavy atom. The van der Waals surface area contributed by atoms with Crippen LogP contribution in [0.1, 0.15) is 0 Å². The molecule has 0 N–H and O–H groups in total. The van der Waals surface area contributed by atoms with E-state index >= 15 is 0 Å². The van der Waals surface area contributed by atoms with E-state index in [4.69, 9.17) is 0 Å². The van der Waals surface area contributed by atoms with Gasteiger partial charge in [0.25, 0.3) is 0 Å². The summed E-state index contributed by atoms with van der Waals surface area (Å²) in [6.45, 7) is 0. The molecule has 13 rings (SSSR count). The smallest absolute Gasteiger partial charge is 0.0782 e. The second-order valence-electron chi connectivity index (χ2n) is 16.2. The average molecular weight is 808 g/mol. The summed E-state index contributed by atoms with van der Waals surface area (Å²) in [5.74, 6) is 0. The van der Waals surface area contributed by atoms with Crippen molar-refractivity contribution >= 4 is 98.2 Å². The first-order chi connectivity index (χ1) is 30.7. The van der Waals surface area contributed by atoms with Gasteiger partial charge in [-0.15, -0.1) is 11.3 Å². The Hall–Kier alpha value is -7.92. The SMILES string of the molecule is c1cc2cc(c1)N(c1ccc3c(c1)sc1ccccc13)c1cccc(c1)-c1cccc(c1)N(c1cccc3c4ccccc4n(-c4cccc5ccccc45)c13)c1cccc-2c1. The maximum atomic E-state index is 2.49. The molecular formula is C58H37N3S. The number of rotatable bonds is 3. The third-order valence-corrected chi connectivity index (χ3v) is 13.8. The zero-order valence-corrected chi connectivity index (χ0v) is 34.4. The zero-order valence-electron chi connectivity index (χ0n) is 33.6. The second-order valence-corrected chi connectivity index (χ2v) is 17.3. The number of anilines is 6. The number of benzene rings is 10. The first-order valence-electron chi connectivity index (χ1n) is 21.2. The van der Waals surface area contributed by atoms with Gasteiger partial charge < -0.3 is 14.4 Å². The Morgan fingerprint density at radius 2 is 0.774 bits per heavy atom. The van der Waals surface area contributed by atoms with Gasteiger partial charge in [0.1, 0.15) is 0 Å². The van der Waals surface area contributed by atoms with Gasteiger partial charge in [-0.05, 0) is 113 Å². The van der Waals surface area contributed by atoms with Crippen molar-refractivity contribution in [3.05, 3.63) is 224 Å². The third kappa shape index (κ3) is 5.44. The van der Waals surface area contributed by atoms with Gasteiger partial charge in [0.2, 0.25) is 0 Å². The first kappa shape index (κ1) is 34.9. The summed E-state index contributed by atoms with van der Waals surface area (Å²) in [5.41, 5.74) is 14.8. The third-order valence-electron chi connectivity index (χ3n) is 12.6. The monoisotopic (exact) mass is 807 g/mol. The molecule has 0 saturated heterocycles. The van der Waals surface area contributed by atoms with Crippen LogP contribution in [0.15, 0.2) is 224 Å². The van der Waals surface area contributed by atoms with Gasteiger partial charge in [0.05, 0.1) is 22.4 Å². The van der Waals surface area contributed by atoms with Crippen molar-refractivity contribution < 1.29 is 0 Å². The minimum atomic E-state index is 1.09. The van der Waals surface area contributed by atoms with E-state index in [0.29, 0.717) is 0 Å². The van der Waals surface area contributed by atoms with Gasteiger partial charge in [-0.3, -0.25) is 0 Å². The van der Waals surface area contributed by atoms with Crippen LogP contribution in [-0.4, -0.2) is 4.57 Å². The number of fused-ring (bicyclic) bond motifs is 17. The van der Waals surface area contributed by atoms with Gasteiger partial charge in [0.15, 0.2) is 0 Å². The van der Waals surface area contributed by atoms with Crippen molar-refractivity contribution in [1.82, 2.24) is 4.57 Å². The molecule has 4 heteroatoms. The van der Waals surface area contributed by atoms with E-state index in [1.165, 1.54) is 47.2 Å². The normalized spacial score (nSPS) is 12.5. The molecule has 0 saturated carbocycles. The van der Waals surface area contributed by atoms with Crippen LogP contribution < -0.4 is 9.80 Å². The topological polar surface area (TPSA) is 11.4 Å². The first-order valence-corrected chi connectivity index (χ1v) is 22.0. The molecule has 10 aromatic carbocycles. The molecule has 12 aromatic rings. The highest BCUT2D eigenvalue weighted by molar-refractivity contribution is 7.25. The minimum Gasteiger partial charge on any atom is -0.310 e. The number of hydrogen-bond acceptors (Lipinski definition) is 3. The molecule has 3 nitrogen and oxygen atoms in total. The fourth-order valence-electron chi connectivity index (χ4n) is 9.86. The molecule has 1 aliphatic rings. The molecule has 0 aliphatic carbocycles. The lowest BCUT2D eigenvalue weighted by Crippen LogP contribution is -2.12. The van der Waals surface area contributed by atoms with Crippen molar-refractivity contribution in [2.75, 3.05) is 9.80 Å². The second kappa shape index (κ2) is 13.8. The van der Waals surface area contributed by atoms with Gasteiger partial charge in [-0.25, -0.2) is 0 Å². The maximum absolute atomic E-state index is 2.49. The van der Waals surface area contributed by atoms with Crippen LogP contribution >= 0.6 is 11.3 Å². The van der Waals surface area contributed by atoms with Crippen molar-refractivity contribution in [3.8, 4) is 27.9 Å². The van der Waals surface area contributed by atoms with Crippen LogP contribution in [0, 0.1) is 0 Å². The van der Waals surface area contributed by atoms with Crippen LogP contribution in [0.3, 0.4) is 0 Å².